The minimum absolute atomic E-state index is 0.00164. The van der Waals surface area contributed by atoms with Gasteiger partial charge in [0.15, 0.2) is 11.5 Å². The first-order chi connectivity index (χ1) is 19.4. The predicted molar refractivity (Wildman–Crippen MR) is 154 cm³/mol. The lowest BCUT2D eigenvalue weighted by molar-refractivity contribution is -0.122. The highest BCUT2D eigenvalue weighted by molar-refractivity contribution is 6.23. The third-order valence-corrected chi connectivity index (χ3v) is 6.72. The molecule has 40 heavy (non-hydrogen) atoms. The molecule has 1 atom stereocenters. The second-order valence-electron chi connectivity index (χ2n) is 9.49. The summed E-state index contributed by atoms with van der Waals surface area (Å²) in [6.45, 7) is 3.75. The molecule has 0 fully saturated rings. The quantitative estimate of drug-likeness (QED) is 0.255. The number of para-hydroxylation sites is 2. The van der Waals surface area contributed by atoms with Gasteiger partial charge in [0.2, 0.25) is 0 Å². The van der Waals surface area contributed by atoms with Gasteiger partial charge in [-0.1, -0.05) is 35.9 Å². The number of hydrazone groups is 2. The number of methoxy groups -OCH3 is 2. The van der Waals surface area contributed by atoms with Crippen LogP contribution in [-0.2, 0) is 22.6 Å². The number of nitrogens with one attached hydrogen (secondary N) is 1. The maximum Gasteiger partial charge on any atom is 0.261 e. The van der Waals surface area contributed by atoms with Crippen LogP contribution in [0.25, 0.3) is 11.0 Å². The van der Waals surface area contributed by atoms with Crippen molar-refractivity contribution in [3.05, 3.63) is 83.7 Å². The fourth-order valence-electron chi connectivity index (χ4n) is 4.59. The molecule has 3 aromatic carbocycles. The van der Waals surface area contributed by atoms with Crippen LogP contribution in [0, 0.1) is 12.8 Å². The molecule has 1 aromatic heterocycles. The number of benzene rings is 3. The van der Waals surface area contributed by atoms with E-state index in [0.717, 1.165) is 28.0 Å². The summed E-state index contributed by atoms with van der Waals surface area (Å²) in [6, 6.07) is 20.9. The molecule has 0 bridgehead atoms. The minimum Gasteiger partial charge on any atom is -0.493 e. The van der Waals surface area contributed by atoms with Crippen molar-refractivity contribution < 1.29 is 19.1 Å². The number of anilines is 1. The molecule has 4 aromatic rings. The molecular formula is C30H30N6O4. The summed E-state index contributed by atoms with van der Waals surface area (Å²) in [5.74, 6) is 0.753. The number of ether oxygens (including phenoxy) is 2. The Morgan fingerprint density at radius 3 is 2.52 bits per heavy atom. The van der Waals surface area contributed by atoms with Crippen molar-refractivity contribution in [1.82, 2.24) is 15.0 Å². The first-order valence-electron chi connectivity index (χ1n) is 12.8. The highest BCUT2D eigenvalue weighted by atomic mass is 16.5. The van der Waals surface area contributed by atoms with Crippen LogP contribution >= 0.6 is 0 Å². The first-order valence-corrected chi connectivity index (χ1v) is 12.8. The van der Waals surface area contributed by atoms with Gasteiger partial charge in [-0.3, -0.25) is 9.59 Å². The highest BCUT2D eigenvalue weighted by Gasteiger charge is 2.33. The van der Waals surface area contributed by atoms with Gasteiger partial charge in [0, 0.05) is 12.6 Å². The summed E-state index contributed by atoms with van der Waals surface area (Å²) in [5.41, 5.74) is 7.51. The molecule has 2 heterocycles. The summed E-state index contributed by atoms with van der Waals surface area (Å²) in [5, 5.41) is 9.85. The first kappa shape index (κ1) is 26.6. The summed E-state index contributed by atoms with van der Waals surface area (Å²) < 4.78 is 12.6. The lowest BCUT2D eigenvalue weighted by Gasteiger charge is -2.13. The van der Waals surface area contributed by atoms with Crippen molar-refractivity contribution in [2.45, 2.75) is 26.8 Å². The fourth-order valence-corrected chi connectivity index (χ4v) is 4.59. The number of carbonyl (C=O) groups excluding carboxylic acids is 2. The average molecular weight is 539 g/mol. The Labute approximate surface area is 231 Å². The van der Waals surface area contributed by atoms with Crippen LogP contribution in [0.3, 0.4) is 0 Å². The minimum atomic E-state index is -0.656. The molecule has 0 spiro atoms. The van der Waals surface area contributed by atoms with E-state index in [1.165, 1.54) is 11.2 Å². The zero-order valence-corrected chi connectivity index (χ0v) is 22.8. The maximum absolute atomic E-state index is 13.0. The lowest BCUT2D eigenvalue weighted by atomic mass is 10.1. The number of rotatable bonds is 9. The number of amides is 2. The molecule has 0 saturated carbocycles. The van der Waals surface area contributed by atoms with Crippen LogP contribution < -0.4 is 19.9 Å². The van der Waals surface area contributed by atoms with E-state index in [9.17, 15) is 9.59 Å². The van der Waals surface area contributed by atoms with E-state index in [1.807, 2.05) is 78.2 Å². The number of aryl methyl sites for hydroxylation is 1. The highest BCUT2D eigenvalue weighted by Crippen LogP contribution is 2.29. The van der Waals surface area contributed by atoms with Crippen molar-refractivity contribution in [2.75, 3.05) is 19.2 Å². The third-order valence-electron chi connectivity index (χ3n) is 6.72. The van der Waals surface area contributed by atoms with Gasteiger partial charge in [0.25, 0.3) is 11.8 Å². The Balaban J connectivity index is 1.30. The summed E-state index contributed by atoms with van der Waals surface area (Å²) in [7, 11) is 3.18. The predicted octanol–water partition coefficient (Wildman–Crippen LogP) is 4.09. The molecule has 0 aliphatic carbocycles. The second kappa shape index (κ2) is 11.4. The van der Waals surface area contributed by atoms with E-state index in [4.69, 9.17) is 14.5 Å². The van der Waals surface area contributed by atoms with Gasteiger partial charge in [-0.25, -0.2) is 10.4 Å². The number of hydrogen-bond acceptors (Lipinski definition) is 7. The van der Waals surface area contributed by atoms with Crippen LogP contribution in [-0.4, -0.2) is 47.5 Å². The third kappa shape index (κ3) is 5.42. The normalized spacial score (nSPS) is 15.1. The topological polar surface area (TPSA) is 110 Å². The van der Waals surface area contributed by atoms with Crippen LogP contribution in [0.15, 0.2) is 76.9 Å². The second-order valence-corrected chi connectivity index (χ2v) is 9.49. The van der Waals surface area contributed by atoms with E-state index in [-0.39, 0.29) is 18.4 Å². The van der Waals surface area contributed by atoms with E-state index < -0.39 is 5.92 Å². The molecule has 1 aliphatic rings. The molecule has 0 unspecified atom stereocenters. The van der Waals surface area contributed by atoms with Crippen molar-refractivity contribution in [3.63, 3.8) is 0 Å². The average Bonchev–Trinajstić information content (AvgIpc) is 3.44. The standard InChI is InChI=1S/C30H30N6O4/c1-19-9-12-22(13-10-19)36-30(38)23(20(2)34-36)17-31-33-29(37)18-35-25-8-6-5-7-24(25)32-28(35)16-21-11-14-26(39-3)27(15-21)40-4/h5-15,17,23H,16,18H2,1-4H3,(H,33,37)/b31-17-/t23-/m0/s1. The molecule has 1 aliphatic heterocycles. The molecule has 5 rings (SSSR count). The number of fused-ring (bicyclic) bond motifs is 1. The number of carbonyl (C=O) groups is 2. The summed E-state index contributed by atoms with van der Waals surface area (Å²) >= 11 is 0. The number of aromatic nitrogens is 2. The lowest BCUT2D eigenvalue weighted by Crippen LogP contribution is -2.29. The van der Waals surface area contributed by atoms with Gasteiger partial charge in [0.1, 0.15) is 18.3 Å². The zero-order chi connectivity index (χ0) is 28.2. The molecule has 1 N–H and O–H groups in total. The zero-order valence-electron chi connectivity index (χ0n) is 22.8. The Hall–Kier alpha value is -4.99. The van der Waals surface area contributed by atoms with Crippen molar-refractivity contribution in [2.24, 2.45) is 16.1 Å². The van der Waals surface area contributed by atoms with Crippen LogP contribution in [0.2, 0.25) is 0 Å². The monoisotopic (exact) mass is 538 g/mol. The van der Waals surface area contributed by atoms with Gasteiger partial charge < -0.3 is 14.0 Å². The fraction of sp³-hybridized carbons (Fsp3) is 0.233. The van der Waals surface area contributed by atoms with E-state index in [1.54, 1.807) is 21.1 Å². The number of imidazole rings is 1. The van der Waals surface area contributed by atoms with E-state index in [0.29, 0.717) is 29.3 Å². The van der Waals surface area contributed by atoms with Crippen molar-refractivity contribution in [3.8, 4) is 11.5 Å². The Morgan fingerprint density at radius 1 is 1.02 bits per heavy atom. The smallest absolute Gasteiger partial charge is 0.261 e. The maximum atomic E-state index is 13.0. The van der Waals surface area contributed by atoms with Gasteiger partial charge >= 0.3 is 0 Å². The molecule has 10 nitrogen and oxygen atoms in total. The molecule has 2 amide bonds. The van der Waals surface area contributed by atoms with E-state index >= 15 is 0 Å². The SMILES string of the molecule is COc1ccc(Cc2nc3ccccc3n2CC(=O)N/N=C\[C@@H]2C(=O)N(c3ccc(C)cc3)N=C2C)cc1OC. The van der Waals surface area contributed by atoms with Gasteiger partial charge in [-0.05, 0) is 55.8 Å². The Kier molecular flexibility index (Phi) is 7.59. The van der Waals surface area contributed by atoms with Gasteiger partial charge in [0.05, 0.1) is 36.7 Å². The summed E-state index contributed by atoms with van der Waals surface area (Å²) in [6.07, 6.45) is 1.90. The van der Waals surface area contributed by atoms with Crippen LogP contribution in [0.1, 0.15) is 23.9 Å². The molecule has 204 valence electrons. The van der Waals surface area contributed by atoms with Crippen molar-refractivity contribution in [1.29, 1.82) is 0 Å². The Bertz CT molecular complexity index is 1620. The van der Waals surface area contributed by atoms with Crippen molar-refractivity contribution >= 4 is 40.5 Å². The van der Waals surface area contributed by atoms with Gasteiger partial charge in [-0.2, -0.15) is 15.2 Å². The van der Waals surface area contributed by atoms with Gasteiger partial charge in [-0.15, -0.1) is 0 Å². The molecular weight excluding hydrogens is 508 g/mol. The van der Waals surface area contributed by atoms with Crippen LogP contribution in [0.5, 0.6) is 11.5 Å². The molecule has 0 radical (unpaired) electrons. The largest absolute Gasteiger partial charge is 0.493 e. The number of nitrogens with zero attached hydrogens (tertiary/aromatic N) is 5. The molecule has 0 saturated heterocycles. The van der Waals surface area contributed by atoms with Crippen LogP contribution in [0.4, 0.5) is 5.69 Å². The molecule has 10 heteroatoms. The summed E-state index contributed by atoms with van der Waals surface area (Å²) in [4.78, 5) is 30.7. The number of hydrogen-bond donors (Lipinski definition) is 1. The van der Waals surface area contributed by atoms with E-state index in [2.05, 4.69) is 15.6 Å². The Morgan fingerprint density at radius 2 is 1.77 bits per heavy atom.